The van der Waals surface area contributed by atoms with Crippen molar-refractivity contribution in [2.45, 2.75) is 64.2 Å². The number of allylic oxidation sites excluding steroid dienone is 2. The van der Waals surface area contributed by atoms with E-state index in [4.69, 9.17) is 0 Å². The Bertz CT molecular complexity index is 309. The molecule has 2 unspecified atom stereocenters. The molecule has 2 atom stereocenters. The molecular formula is C18H28O2. The van der Waals surface area contributed by atoms with Crippen LogP contribution in [0.1, 0.15) is 64.2 Å². The summed E-state index contributed by atoms with van der Waals surface area (Å²) >= 11 is 0. The zero-order valence-corrected chi connectivity index (χ0v) is 12.6. The van der Waals surface area contributed by atoms with E-state index in [0.717, 1.165) is 51.4 Å². The van der Waals surface area contributed by atoms with Crippen LogP contribution in [0.3, 0.4) is 0 Å². The van der Waals surface area contributed by atoms with Crippen molar-refractivity contribution in [1.29, 1.82) is 0 Å². The number of hydrogen-bond donors (Lipinski definition) is 0. The van der Waals surface area contributed by atoms with Crippen LogP contribution in [0, 0.1) is 11.8 Å². The molecular weight excluding hydrogens is 248 g/mol. The summed E-state index contributed by atoms with van der Waals surface area (Å²) in [5.41, 5.74) is 0. The molecule has 0 heterocycles. The first-order valence-corrected chi connectivity index (χ1v) is 7.98. The molecule has 0 saturated heterocycles. The van der Waals surface area contributed by atoms with Crippen LogP contribution >= 0.6 is 0 Å². The highest BCUT2D eigenvalue weighted by Crippen LogP contribution is 2.33. The molecule has 0 N–H and O–H groups in total. The predicted molar refractivity (Wildman–Crippen MR) is 83.6 cm³/mol. The zero-order valence-electron chi connectivity index (χ0n) is 12.6. The summed E-state index contributed by atoms with van der Waals surface area (Å²) in [5, 5.41) is 0. The number of rotatable bonds is 10. The summed E-state index contributed by atoms with van der Waals surface area (Å²) in [7, 11) is 0. The van der Waals surface area contributed by atoms with Gasteiger partial charge in [-0.15, -0.1) is 13.2 Å². The Labute approximate surface area is 123 Å². The standard InChI is InChI=1S/C18H28O2/c1-3-5-7-13-17(19)15-11-9-10-12-16(15)18(20)14-8-6-4-2/h3-4,15-16H,1-2,5-14H2. The number of unbranched alkanes of at least 4 members (excludes halogenated alkanes) is 2. The highest BCUT2D eigenvalue weighted by molar-refractivity contribution is 5.90. The van der Waals surface area contributed by atoms with Crippen LogP contribution in [-0.4, -0.2) is 11.6 Å². The molecule has 0 aromatic rings. The van der Waals surface area contributed by atoms with Gasteiger partial charge in [0, 0.05) is 24.7 Å². The van der Waals surface area contributed by atoms with E-state index in [1.54, 1.807) is 0 Å². The number of Topliss-reactive ketones (excluding diaryl/α,β-unsaturated/α-hetero) is 2. The lowest BCUT2D eigenvalue weighted by Crippen LogP contribution is -2.32. The molecule has 2 heteroatoms. The Kier molecular flexibility index (Phi) is 8.17. The molecule has 0 aliphatic heterocycles. The van der Waals surface area contributed by atoms with Gasteiger partial charge in [0.1, 0.15) is 11.6 Å². The fourth-order valence-corrected chi connectivity index (χ4v) is 3.11. The van der Waals surface area contributed by atoms with E-state index in [-0.39, 0.29) is 11.8 Å². The molecule has 0 aromatic heterocycles. The van der Waals surface area contributed by atoms with Gasteiger partial charge in [-0.05, 0) is 38.5 Å². The van der Waals surface area contributed by atoms with Gasteiger partial charge in [-0.2, -0.15) is 0 Å². The summed E-state index contributed by atoms with van der Waals surface area (Å²) in [6.07, 6.45) is 12.4. The molecule has 112 valence electrons. The second-order valence-electron chi connectivity index (χ2n) is 5.79. The fourth-order valence-electron chi connectivity index (χ4n) is 3.11. The predicted octanol–water partition coefficient (Wildman–Crippen LogP) is 4.64. The van der Waals surface area contributed by atoms with Crippen LogP contribution in [0.2, 0.25) is 0 Å². The first-order valence-electron chi connectivity index (χ1n) is 7.98. The van der Waals surface area contributed by atoms with Crippen molar-refractivity contribution in [3.8, 4) is 0 Å². The Morgan fingerprint density at radius 3 is 1.60 bits per heavy atom. The second-order valence-corrected chi connectivity index (χ2v) is 5.79. The third-order valence-electron chi connectivity index (χ3n) is 4.26. The molecule has 0 aromatic carbocycles. The van der Waals surface area contributed by atoms with Crippen LogP contribution in [0.25, 0.3) is 0 Å². The Balaban J connectivity index is 2.51. The van der Waals surface area contributed by atoms with Crippen molar-refractivity contribution in [2.24, 2.45) is 11.8 Å². The van der Waals surface area contributed by atoms with Gasteiger partial charge >= 0.3 is 0 Å². The maximum atomic E-state index is 12.3. The van der Waals surface area contributed by atoms with Crippen molar-refractivity contribution in [2.75, 3.05) is 0 Å². The maximum absolute atomic E-state index is 12.3. The third kappa shape index (κ3) is 5.44. The van der Waals surface area contributed by atoms with Crippen LogP contribution in [0.5, 0.6) is 0 Å². The SMILES string of the molecule is C=CCCCC(=O)C1CCCCC1C(=O)CCCC=C. The van der Waals surface area contributed by atoms with E-state index in [1.165, 1.54) is 0 Å². The summed E-state index contributed by atoms with van der Waals surface area (Å²) < 4.78 is 0. The minimum absolute atomic E-state index is 0.00945. The number of ketones is 2. The van der Waals surface area contributed by atoms with Gasteiger partial charge < -0.3 is 0 Å². The van der Waals surface area contributed by atoms with Gasteiger partial charge in [0.25, 0.3) is 0 Å². The largest absolute Gasteiger partial charge is 0.299 e. The lowest BCUT2D eigenvalue weighted by Gasteiger charge is -2.29. The molecule has 0 radical (unpaired) electrons. The van der Waals surface area contributed by atoms with E-state index in [1.807, 2.05) is 12.2 Å². The Hall–Kier alpha value is -1.18. The summed E-state index contributed by atoms with van der Waals surface area (Å²) in [5.74, 6) is 0.580. The van der Waals surface area contributed by atoms with Gasteiger partial charge in [0.15, 0.2) is 0 Å². The second kappa shape index (κ2) is 9.68. The van der Waals surface area contributed by atoms with Crippen molar-refractivity contribution in [1.82, 2.24) is 0 Å². The highest BCUT2D eigenvalue weighted by Gasteiger charge is 2.34. The zero-order chi connectivity index (χ0) is 14.8. The van der Waals surface area contributed by atoms with Gasteiger partial charge in [-0.3, -0.25) is 9.59 Å². The lowest BCUT2D eigenvalue weighted by atomic mass is 9.73. The molecule has 1 aliphatic rings. The summed E-state index contributed by atoms with van der Waals surface area (Å²) in [4.78, 5) is 24.6. The van der Waals surface area contributed by atoms with Crippen molar-refractivity contribution < 1.29 is 9.59 Å². The normalized spacial score (nSPS) is 22.2. The van der Waals surface area contributed by atoms with Gasteiger partial charge in [-0.25, -0.2) is 0 Å². The van der Waals surface area contributed by atoms with Crippen molar-refractivity contribution in [3.05, 3.63) is 25.3 Å². The number of hydrogen-bond acceptors (Lipinski definition) is 2. The topological polar surface area (TPSA) is 34.1 Å². The van der Waals surface area contributed by atoms with E-state index >= 15 is 0 Å². The molecule has 0 amide bonds. The minimum Gasteiger partial charge on any atom is -0.299 e. The lowest BCUT2D eigenvalue weighted by molar-refractivity contribution is -0.134. The molecule has 1 rings (SSSR count). The van der Waals surface area contributed by atoms with Gasteiger partial charge in [-0.1, -0.05) is 25.0 Å². The van der Waals surface area contributed by atoms with E-state index in [0.29, 0.717) is 24.4 Å². The Morgan fingerprint density at radius 1 is 0.850 bits per heavy atom. The first kappa shape index (κ1) is 16.9. The van der Waals surface area contributed by atoms with E-state index < -0.39 is 0 Å². The summed E-state index contributed by atoms with van der Waals surface area (Å²) in [6.45, 7) is 7.36. The van der Waals surface area contributed by atoms with Crippen LogP contribution in [0.15, 0.2) is 25.3 Å². The van der Waals surface area contributed by atoms with Gasteiger partial charge in [0.2, 0.25) is 0 Å². The number of carbonyl (C=O) groups excluding carboxylic acids is 2. The molecule has 2 nitrogen and oxygen atoms in total. The molecule has 1 saturated carbocycles. The van der Waals surface area contributed by atoms with Gasteiger partial charge in [0.05, 0.1) is 0 Å². The minimum atomic E-state index is -0.00945. The molecule has 1 fully saturated rings. The molecule has 0 bridgehead atoms. The first-order chi connectivity index (χ1) is 9.70. The molecule has 1 aliphatic carbocycles. The molecule has 0 spiro atoms. The van der Waals surface area contributed by atoms with Crippen LogP contribution < -0.4 is 0 Å². The maximum Gasteiger partial charge on any atom is 0.136 e. The molecule has 20 heavy (non-hydrogen) atoms. The highest BCUT2D eigenvalue weighted by atomic mass is 16.1. The number of carbonyl (C=O) groups is 2. The smallest absolute Gasteiger partial charge is 0.136 e. The average molecular weight is 276 g/mol. The monoisotopic (exact) mass is 276 g/mol. The fraction of sp³-hybridized carbons (Fsp3) is 0.667. The third-order valence-corrected chi connectivity index (χ3v) is 4.26. The Morgan fingerprint density at radius 2 is 1.25 bits per heavy atom. The average Bonchev–Trinajstić information content (AvgIpc) is 2.47. The van der Waals surface area contributed by atoms with Crippen LogP contribution in [-0.2, 0) is 9.59 Å². The summed E-state index contributed by atoms with van der Waals surface area (Å²) in [6, 6.07) is 0. The van der Waals surface area contributed by atoms with Crippen molar-refractivity contribution in [3.63, 3.8) is 0 Å². The van der Waals surface area contributed by atoms with E-state index in [9.17, 15) is 9.59 Å². The van der Waals surface area contributed by atoms with Crippen molar-refractivity contribution >= 4 is 11.6 Å². The quantitative estimate of drug-likeness (QED) is 0.430. The van der Waals surface area contributed by atoms with Crippen LogP contribution in [0.4, 0.5) is 0 Å². The van der Waals surface area contributed by atoms with E-state index in [2.05, 4.69) is 13.2 Å².